The minimum absolute atomic E-state index is 0.0221. The number of imide groups is 1. The molecule has 1 aromatic carbocycles. The number of hydrogen-bond acceptors (Lipinski definition) is 6. The van der Waals surface area contributed by atoms with E-state index in [2.05, 4.69) is 10.3 Å². The number of urea groups is 1. The number of rotatable bonds is 5. The zero-order valence-corrected chi connectivity index (χ0v) is 16.7. The molecular formula is C18H17F3N4O4S. The van der Waals surface area contributed by atoms with Crippen LogP contribution >= 0.6 is 0 Å². The Balaban J connectivity index is 1.86. The number of nitrogens with zero attached hydrogens (tertiary/aromatic N) is 3. The van der Waals surface area contributed by atoms with Gasteiger partial charge in [0.2, 0.25) is 0 Å². The molecule has 3 amide bonds. The van der Waals surface area contributed by atoms with E-state index in [1.807, 2.05) is 0 Å². The molecule has 1 unspecified atom stereocenters. The molecular weight excluding hydrogens is 425 g/mol. The van der Waals surface area contributed by atoms with Gasteiger partial charge in [-0.2, -0.15) is 13.2 Å². The van der Waals surface area contributed by atoms with E-state index in [0.717, 1.165) is 22.6 Å². The Morgan fingerprint density at radius 3 is 2.33 bits per heavy atom. The van der Waals surface area contributed by atoms with Gasteiger partial charge in [-0.1, -0.05) is 0 Å². The lowest BCUT2D eigenvalue weighted by molar-refractivity contribution is -0.119. The second-order valence-electron chi connectivity index (χ2n) is 6.50. The molecule has 160 valence electrons. The fourth-order valence-electron chi connectivity index (χ4n) is 2.96. The topological polar surface area (TPSA) is 99.7 Å². The molecule has 1 saturated heterocycles. The lowest BCUT2D eigenvalue weighted by Crippen LogP contribution is -2.33. The van der Waals surface area contributed by atoms with Crippen molar-refractivity contribution in [3.05, 3.63) is 48.2 Å². The van der Waals surface area contributed by atoms with E-state index in [0.29, 0.717) is 18.0 Å². The molecule has 1 aromatic heterocycles. The third-order valence-electron chi connectivity index (χ3n) is 4.63. The van der Waals surface area contributed by atoms with Gasteiger partial charge < -0.3 is 10.2 Å². The van der Waals surface area contributed by atoms with E-state index in [-0.39, 0.29) is 12.2 Å². The summed E-state index contributed by atoms with van der Waals surface area (Å²) in [5, 5.41) is 2.86. The molecule has 0 saturated carbocycles. The highest BCUT2D eigenvalue weighted by Gasteiger charge is 2.47. The Hall–Kier alpha value is -3.15. The number of pyridine rings is 1. The van der Waals surface area contributed by atoms with Crippen LogP contribution in [0.3, 0.4) is 0 Å². The molecule has 1 atom stereocenters. The standard InChI is InChI=1S/C18H17F3N4O4S/c1-11-16(26)25(13-3-5-14(6-4-13)30(28,29)18(19,20)21)17(27)24(11)10-12-7-8-23-15(9-12)22-2/h3-9,11H,10H2,1-2H3,(H,22,23). The number of anilines is 2. The van der Waals surface area contributed by atoms with Crippen molar-refractivity contribution in [1.29, 1.82) is 0 Å². The smallest absolute Gasteiger partial charge is 0.373 e. The molecule has 12 heteroatoms. The molecule has 2 heterocycles. The summed E-state index contributed by atoms with van der Waals surface area (Å²) < 4.78 is 61.0. The minimum atomic E-state index is -5.52. The first-order valence-corrected chi connectivity index (χ1v) is 10.1. The van der Waals surface area contributed by atoms with Crippen molar-refractivity contribution in [1.82, 2.24) is 9.88 Å². The summed E-state index contributed by atoms with van der Waals surface area (Å²) in [4.78, 5) is 30.7. The van der Waals surface area contributed by atoms with E-state index in [4.69, 9.17) is 0 Å². The fraction of sp³-hybridized carbons (Fsp3) is 0.278. The zero-order valence-electron chi connectivity index (χ0n) is 15.8. The van der Waals surface area contributed by atoms with Gasteiger partial charge in [-0.3, -0.25) is 4.79 Å². The van der Waals surface area contributed by atoms with Crippen LogP contribution in [0.1, 0.15) is 12.5 Å². The van der Waals surface area contributed by atoms with Gasteiger partial charge in [0, 0.05) is 19.8 Å². The van der Waals surface area contributed by atoms with Crippen molar-refractivity contribution in [2.45, 2.75) is 29.9 Å². The van der Waals surface area contributed by atoms with Crippen LogP contribution < -0.4 is 10.2 Å². The quantitative estimate of drug-likeness (QED) is 0.715. The number of halogens is 3. The highest BCUT2D eigenvalue weighted by molar-refractivity contribution is 7.92. The van der Waals surface area contributed by atoms with Crippen LogP contribution in [0, 0.1) is 0 Å². The second-order valence-corrected chi connectivity index (χ2v) is 8.44. The van der Waals surface area contributed by atoms with Gasteiger partial charge in [0.25, 0.3) is 15.7 Å². The zero-order chi connectivity index (χ0) is 22.3. The van der Waals surface area contributed by atoms with Crippen LogP contribution in [0.25, 0.3) is 0 Å². The Morgan fingerprint density at radius 2 is 1.77 bits per heavy atom. The number of hydrogen-bond donors (Lipinski definition) is 1. The molecule has 2 aromatic rings. The first kappa shape index (κ1) is 21.6. The van der Waals surface area contributed by atoms with Crippen LogP contribution in [0.5, 0.6) is 0 Å². The van der Waals surface area contributed by atoms with Crippen molar-refractivity contribution >= 4 is 33.3 Å². The maximum Gasteiger partial charge on any atom is 0.501 e. The Bertz CT molecular complexity index is 1090. The SMILES string of the molecule is CNc1cc(CN2C(=O)N(c3ccc(S(=O)(=O)C(F)(F)F)cc3)C(=O)C2C)ccn1. The van der Waals surface area contributed by atoms with Gasteiger partial charge >= 0.3 is 11.5 Å². The number of amides is 3. The highest BCUT2D eigenvalue weighted by atomic mass is 32.2. The van der Waals surface area contributed by atoms with Crippen molar-refractivity contribution in [2.75, 3.05) is 17.3 Å². The summed E-state index contributed by atoms with van der Waals surface area (Å²) in [6, 6.07) is 5.34. The summed E-state index contributed by atoms with van der Waals surface area (Å²) in [5.41, 5.74) is -4.75. The maximum atomic E-state index is 12.8. The van der Waals surface area contributed by atoms with Crippen LogP contribution in [-0.2, 0) is 21.2 Å². The first-order valence-electron chi connectivity index (χ1n) is 8.66. The van der Waals surface area contributed by atoms with E-state index in [9.17, 15) is 31.2 Å². The van der Waals surface area contributed by atoms with Gasteiger partial charge in [-0.25, -0.2) is 23.1 Å². The van der Waals surface area contributed by atoms with Gasteiger partial charge in [-0.15, -0.1) is 0 Å². The average molecular weight is 442 g/mol. The van der Waals surface area contributed by atoms with Crippen molar-refractivity contribution in [3.63, 3.8) is 0 Å². The second kappa shape index (κ2) is 7.59. The van der Waals surface area contributed by atoms with Gasteiger partial charge in [-0.05, 0) is 48.9 Å². The number of carbonyl (C=O) groups excluding carboxylic acids is 2. The summed E-state index contributed by atoms with van der Waals surface area (Å²) >= 11 is 0. The molecule has 0 bridgehead atoms. The summed E-state index contributed by atoms with van der Waals surface area (Å²) in [6.07, 6.45) is 1.55. The number of nitrogens with one attached hydrogen (secondary N) is 1. The predicted octanol–water partition coefficient (Wildman–Crippen LogP) is 2.77. The largest absolute Gasteiger partial charge is 0.501 e. The molecule has 1 aliphatic rings. The van der Waals surface area contributed by atoms with Crippen molar-refractivity contribution < 1.29 is 31.2 Å². The molecule has 0 radical (unpaired) electrons. The lowest BCUT2D eigenvalue weighted by Gasteiger charge is -2.19. The number of aromatic nitrogens is 1. The molecule has 0 spiro atoms. The molecule has 1 fully saturated rings. The minimum Gasteiger partial charge on any atom is -0.373 e. The van der Waals surface area contributed by atoms with E-state index in [1.165, 1.54) is 11.8 Å². The molecule has 3 rings (SSSR count). The van der Waals surface area contributed by atoms with Gasteiger partial charge in [0.05, 0.1) is 10.6 Å². The molecule has 8 nitrogen and oxygen atoms in total. The Labute approximate surface area is 170 Å². The average Bonchev–Trinajstić information content (AvgIpc) is 2.90. The molecule has 30 heavy (non-hydrogen) atoms. The number of alkyl halides is 3. The Kier molecular flexibility index (Phi) is 5.46. The molecule has 1 N–H and O–H groups in total. The van der Waals surface area contributed by atoms with E-state index >= 15 is 0 Å². The Morgan fingerprint density at radius 1 is 1.13 bits per heavy atom. The highest BCUT2D eigenvalue weighted by Crippen LogP contribution is 2.32. The van der Waals surface area contributed by atoms with E-state index < -0.39 is 38.2 Å². The number of sulfone groups is 1. The normalized spacial score (nSPS) is 17.6. The number of carbonyl (C=O) groups is 2. The maximum absolute atomic E-state index is 12.8. The van der Waals surface area contributed by atoms with Gasteiger partial charge in [0.15, 0.2) is 0 Å². The number of benzene rings is 1. The summed E-state index contributed by atoms with van der Waals surface area (Å²) in [6.45, 7) is 1.64. The monoisotopic (exact) mass is 442 g/mol. The van der Waals surface area contributed by atoms with Crippen LogP contribution in [0.2, 0.25) is 0 Å². The fourth-order valence-corrected chi connectivity index (χ4v) is 3.73. The predicted molar refractivity (Wildman–Crippen MR) is 101 cm³/mol. The van der Waals surface area contributed by atoms with Crippen LogP contribution in [0.4, 0.5) is 29.5 Å². The summed E-state index contributed by atoms with van der Waals surface area (Å²) in [7, 11) is -3.84. The van der Waals surface area contributed by atoms with Crippen LogP contribution in [0.15, 0.2) is 47.5 Å². The van der Waals surface area contributed by atoms with Crippen molar-refractivity contribution in [2.24, 2.45) is 0 Å². The molecule has 1 aliphatic heterocycles. The van der Waals surface area contributed by atoms with Crippen molar-refractivity contribution in [3.8, 4) is 0 Å². The third-order valence-corrected chi connectivity index (χ3v) is 6.13. The summed E-state index contributed by atoms with van der Waals surface area (Å²) in [5.74, 6) is 0.00534. The third kappa shape index (κ3) is 3.70. The van der Waals surface area contributed by atoms with Gasteiger partial charge in [0.1, 0.15) is 11.9 Å². The van der Waals surface area contributed by atoms with E-state index in [1.54, 1.807) is 25.4 Å². The molecule has 0 aliphatic carbocycles. The first-order chi connectivity index (χ1) is 14.0. The van der Waals surface area contributed by atoms with Crippen LogP contribution in [-0.4, -0.2) is 48.8 Å². The lowest BCUT2D eigenvalue weighted by atomic mass is 10.2.